The van der Waals surface area contributed by atoms with Crippen molar-refractivity contribution < 1.29 is 9.18 Å². The number of benzene rings is 1. The number of carbonyl (C=O) groups excluding carboxylic acids is 1. The smallest absolute Gasteiger partial charge is 0.281 e. The molecular weight excluding hydrogens is 295 g/mol. The lowest BCUT2D eigenvalue weighted by Crippen LogP contribution is -2.31. The van der Waals surface area contributed by atoms with E-state index in [4.69, 9.17) is 12.2 Å². The lowest BCUT2D eigenvalue weighted by molar-refractivity contribution is -0.113. The van der Waals surface area contributed by atoms with Gasteiger partial charge in [-0.05, 0) is 41.9 Å². The second kappa shape index (κ2) is 5.15. The van der Waals surface area contributed by atoms with E-state index in [9.17, 15) is 9.18 Å². The molecule has 1 amide bonds. The van der Waals surface area contributed by atoms with E-state index in [1.165, 1.54) is 28.4 Å². The van der Waals surface area contributed by atoms with E-state index in [0.29, 0.717) is 5.70 Å². The normalized spacial score (nSPS) is 16.9. The molecule has 1 fully saturated rings. The molecular formula is C14H9FN2OS2. The fourth-order valence-electron chi connectivity index (χ4n) is 1.90. The Morgan fingerprint density at radius 1 is 1.25 bits per heavy atom. The van der Waals surface area contributed by atoms with Crippen LogP contribution in [0.4, 0.5) is 10.1 Å². The molecule has 3 nitrogen and oxygen atoms in total. The number of hydrogen-bond donors (Lipinski definition) is 1. The van der Waals surface area contributed by atoms with Crippen molar-refractivity contribution in [3.8, 4) is 0 Å². The van der Waals surface area contributed by atoms with Crippen LogP contribution in [0.15, 0.2) is 47.5 Å². The molecule has 0 unspecified atom stereocenters. The largest absolute Gasteiger partial charge is 0.327 e. The topological polar surface area (TPSA) is 32.3 Å². The summed E-state index contributed by atoms with van der Waals surface area (Å²) in [4.78, 5) is 14.4. The molecule has 2 heterocycles. The molecule has 20 heavy (non-hydrogen) atoms. The third kappa shape index (κ3) is 2.23. The van der Waals surface area contributed by atoms with Crippen LogP contribution in [0.25, 0.3) is 6.08 Å². The lowest BCUT2D eigenvalue weighted by Gasteiger charge is -2.14. The van der Waals surface area contributed by atoms with Gasteiger partial charge in [0.25, 0.3) is 5.91 Å². The number of para-hydroxylation sites is 1. The van der Waals surface area contributed by atoms with E-state index in [0.717, 1.165) is 4.88 Å². The number of thiophene rings is 1. The van der Waals surface area contributed by atoms with Gasteiger partial charge in [0.15, 0.2) is 5.11 Å². The zero-order valence-corrected chi connectivity index (χ0v) is 11.8. The number of amides is 1. The molecule has 0 saturated carbocycles. The first-order valence-electron chi connectivity index (χ1n) is 5.82. The predicted octanol–water partition coefficient (Wildman–Crippen LogP) is 3.15. The fourth-order valence-corrected chi connectivity index (χ4v) is 2.85. The van der Waals surface area contributed by atoms with E-state index in [2.05, 4.69) is 5.32 Å². The molecule has 1 aromatic heterocycles. The molecule has 0 bridgehead atoms. The van der Waals surface area contributed by atoms with Gasteiger partial charge < -0.3 is 5.32 Å². The number of anilines is 1. The molecule has 0 atom stereocenters. The van der Waals surface area contributed by atoms with Crippen LogP contribution in [-0.4, -0.2) is 11.0 Å². The summed E-state index contributed by atoms with van der Waals surface area (Å²) in [6.45, 7) is 0. The highest BCUT2D eigenvalue weighted by Gasteiger charge is 2.33. The van der Waals surface area contributed by atoms with Crippen LogP contribution in [0.5, 0.6) is 0 Å². The quantitative estimate of drug-likeness (QED) is 0.683. The Morgan fingerprint density at radius 2 is 2.05 bits per heavy atom. The van der Waals surface area contributed by atoms with Crippen LogP contribution in [0.2, 0.25) is 0 Å². The van der Waals surface area contributed by atoms with Crippen molar-refractivity contribution in [3.63, 3.8) is 0 Å². The number of hydrogen-bond acceptors (Lipinski definition) is 3. The SMILES string of the molecule is O=C1/C(=C\c2cccs2)NC(=S)N1c1ccccc1F. The van der Waals surface area contributed by atoms with Gasteiger partial charge >= 0.3 is 0 Å². The van der Waals surface area contributed by atoms with Gasteiger partial charge in [0.1, 0.15) is 11.5 Å². The third-order valence-corrected chi connectivity index (χ3v) is 3.91. The minimum Gasteiger partial charge on any atom is -0.327 e. The summed E-state index contributed by atoms with van der Waals surface area (Å²) in [6.07, 6.45) is 1.71. The number of halogens is 1. The number of carbonyl (C=O) groups is 1. The van der Waals surface area contributed by atoms with Crippen molar-refractivity contribution in [2.45, 2.75) is 0 Å². The third-order valence-electron chi connectivity index (χ3n) is 2.80. The predicted molar refractivity (Wildman–Crippen MR) is 81.9 cm³/mol. The van der Waals surface area contributed by atoms with E-state index < -0.39 is 5.82 Å². The van der Waals surface area contributed by atoms with Crippen molar-refractivity contribution in [2.75, 3.05) is 4.90 Å². The van der Waals surface area contributed by atoms with Crippen LogP contribution in [0.3, 0.4) is 0 Å². The Kier molecular flexibility index (Phi) is 3.33. The van der Waals surface area contributed by atoms with Gasteiger partial charge in [0.2, 0.25) is 0 Å². The summed E-state index contributed by atoms with van der Waals surface area (Å²) in [5.41, 5.74) is 0.505. The fraction of sp³-hybridized carbons (Fsp3) is 0. The number of nitrogens with one attached hydrogen (secondary N) is 1. The van der Waals surface area contributed by atoms with E-state index in [1.54, 1.807) is 18.2 Å². The van der Waals surface area contributed by atoms with Gasteiger partial charge in [-0.1, -0.05) is 18.2 Å². The summed E-state index contributed by atoms with van der Waals surface area (Å²) in [7, 11) is 0. The first kappa shape index (κ1) is 13.0. The maximum absolute atomic E-state index is 13.8. The molecule has 1 aliphatic rings. The second-order valence-corrected chi connectivity index (χ2v) is 5.46. The Balaban J connectivity index is 1.98. The van der Waals surface area contributed by atoms with Crippen molar-refractivity contribution in [3.05, 3.63) is 58.2 Å². The van der Waals surface area contributed by atoms with Gasteiger partial charge in [-0.25, -0.2) is 9.29 Å². The number of rotatable bonds is 2. The van der Waals surface area contributed by atoms with Crippen molar-refractivity contribution >= 4 is 46.3 Å². The lowest BCUT2D eigenvalue weighted by atomic mass is 10.2. The molecule has 1 saturated heterocycles. The Bertz CT molecular complexity index is 710. The van der Waals surface area contributed by atoms with Gasteiger partial charge in [0.05, 0.1) is 5.69 Å². The maximum Gasteiger partial charge on any atom is 0.281 e. The zero-order chi connectivity index (χ0) is 14.1. The summed E-state index contributed by atoms with van der Waals surface area (Å²) >= 11 is 6.63. The highest BCUT2D eigenvalue weighted by atomic mass is 32.1. The van der Waals surface area contributed by atoms with Gasteiger partial charge in [-0.2, -0.15) is 0 Å². The van der Waals surface area contributed by atoms with Gasteiger partial charge in [0, 0.05) is 4.88 Å². The molecule has 1 aliphatic heterocycles. The molecule has 1 N–H and O–H groups in total. The van der Waals surface area contributed by atoms with Gasteiger partial charge in [-0.3, -0.25) is 4.79 Å². The molecule has 1 aromatic carbocycles. The van der Waals surface area contributed by atoms with Crippen LogP contribution in [-0.2, 0) is 4.79 Å². The first-order chi connectivity index (χ1) is 9.66. The van der Waals surface area contributed by atoms with Crippen LogP contribution < -0.4 is 10.2 Å². The van der Waals surface area contributed by atoms with E-state index >= 15 is 0 Å². The minimum atomic E-state index is -0.484. The monoisotopic (exact) mass is 304 g/mol. The maximum atomic E-state index is 13.8. The average Bonchev–Trinajstić information content (AvgIpc) is 3.01. The first-order valence-corrected chi connectivity index (χ1v) is 7.11. The van der Waals surface area contributed by atoms with Crippen LogP contribution in [0, 0.1) is 5.82 Å². The molecule has 0 radical (unpaired) electrons. The van der Waals surface area contributed by atoms with Crippen molar-refractivity contribution in [2.24, 2.45) is 0 Å². The number of nitrogens with zero attached hydrogens (tertiary/aromatic N) is 1. The molecule has 0 spiro atoms. The van der Waals surface area contributed by atoms with Crippen LogP contribution in [0.1, 0.15) is 4.88 Å². The summed E-state index contributed by atoms with van der Waals surface area (Å²) in [5, 5.41) is 4.93. The Morgan fingerprint density at radius 3 is 2.75 bits per heavy atom. The highest BCUT2D eigenvalue weighted by molar-refractivity contribution is 7.80. The summed E-state index contributed by atoms with van der Waals surface area (Å²) in [6, 6.07) is 9.83. The average molecular weight is 304 g/mol. The zero-order valence-electron chi connectivity index (χ0n) is 10.2. The van der Waals surface area contributed by atoms with Gasteiger partial charge in [-0.15, -0.1) is 11.3 Å². The van der Waals surface area contributed by atoms with E-state index in [-0.39, 0.29) is 16.7 Å². The summed E-state index contributed by atoms with van der Waals surface area (Å²) < 4.78 is 13.8. The summed E-state index contributed by atoms with van der Waals surface area (Å²) in [5.74, 6) is -0.837. The number of thiocarbonyl (C=S) groups is 1. The highest BCUT2D eigenvalue weighted by Crippen LogP contribution is 2.25. The van der Waals surface area contributed by atoms with Crippen LogP contribution >= 0.6 is 23.6 Å². The molecule has 6 heteroatoms. The van der Waals surface area contributed by atoms with Crippen molar-refractivity contribution in [1.82, 2.24) is 5.32 Å². The molecule has 3 rings (SSSR count). The standard InChI is InChI=1S/C14H9FN2OS2/c15-10-5-1-2-6-12(10)17-13(18)11(16-14(17)19)8-9-4-3-7-20-9/h1-8H,(H,16,19)/b11-8+. The molecule has 2 aromatic rings. The Hall–Kier alpha value is -2.05. The molecule has 100 valence electrons. The second-order valence-electron chi connectivity index (χ2n) is 4.10. The van der Waals surface area contributed by atoms with Crippen molar-refractivity contribution in [1.29, 1.82) is 0 Å². The minimum absolute atomic E-state index is 0.157. The Labute approximate surface area is 124 Å². The molecule has 0 aliphatic carbocycles. The van der Waals surface area contributed by atoms with E-state index in [1.807, 2.05) is 17.5 Å².